The molecule has 0 fully saturated rings. The number of likely N-dealkylation sites (N-methyl/N-ethyl adjacent to an activating group) is 1. The molecule has 5 nitrogen and oxygen atoms in total. The van der Waals surface area contributed by atoms with Gasteiger partial charge in [0.2, 0.25) is 0 Å². The van der Waals surface area contributed by atoms with Gasteiger partial charge in [-0.2, -0.15) is 0 Å². The number of fused-ring (bicyclic) bond motifs is 1. The molecule has 1 aromatic carbocycles. The lowest BCUT2D eigenvalue weighted by Gasteiger charge is -2.29. The fourth-order valence-corrected chi connectivity index (χ4v) is 2.29. The highest BCUT2D eigenvalue weighted by Gasteiger charge is 2.22. The first-order valence-electron chi connectivity index (χ1n) is 7.01. The van der Waals surface area contributed by atoms with E-state index < -0.39 is 0 Å². The van der Waals surface area contributed by atoms with E-state index in [0.29, 0.717) is 49.2 Å². The van der Waals surface area contributed by atoms with Gasteiger partial charge < -0.3 is 19.1 Å². The second kappa shape index (κ2) is 7.52. The average Bonchev–Trinajstić information content (AvgIpc) is 2.46. The zero-order valence-electron chi connectivity index (χ0n) is 12.3. The monoisotopic (exact) mass is 313 g/mol. The molecule has 1 aliphatic heterocycles. The topological polar surface area (TPSA) is 48.0 Å². The molecular weight excluding hydrogens is 294 g/mol. The molecule has 1 unspecified atom stereocenters. The highest BCUT2D eigenvalue weighted by Crippen LogP contribution is 2.34. The molecule has 0 N–H and O–H groups in total. The first-order chi connectivity index (χ1) is 10.1. The standard InChI is InChI=1S/C15H20ClNO4/c1-3-19-15(18)6-7-17(2)9-12-10-20-14-8-11(16)4-5-13(14)21-12/h4-5,8,12H,3,6-7,9-10H2,1-2H3. The number of rotatable bonds is 6. The molecule has 21 heavy (non-hydrogen) atoms. The molecule has 0 radical (unpaired) electrons. The van der Waals surface area contributed by atoms with Crippen molar-refractivity contribution in [2.24, 2.45) is 0 Å². The third-order valence-electron chi connectivity index (χ3n) is 3.14. The zero-order valence-corrected chi connectivity index (χ0v) is 13.1. The van der Waals surface area contributed by atoms with E-state index in [2.05, 4.69) is 0 Å². The SMILES string of the molecule is CCOC(=O)CCN(C)CC1COc2cc(Cl)ccc2O1. The molecule has 0 aromatic heterocycles. The van der Waals surface area contributed by atoms with E-state index >= 15 is 0 Å². The van der Waals surface area contributed by atoms with Crippen LogP contribution in [0.4, 0.5) is 0 Å². The van der Waals surface area contributed by atoms with Crippen LogP contribution in [0.2, 0.25) is 5.02 Å². The molecule has 1 atom stereocenters. The summed E-state index contributed by atoms with van der Waals surface area (Å²) in [6.07, 6.45) is 0.315. The second-order valence-electron chi connectivity index (χ2n) is 4.96. The van der Waals surface area contributed by atoms with Gasteiger partial charge in [-0.15, -0.1) is 0 Å². The summed E-state index contributed by atoms with van der Waals surface area (Å²) in [5.74, 6) is 1.20. The first kappa shape index (κ1) is 15.9. The highest BCUT2D eigenvalue weighted by molar-refractivity contribution is 6.30. The molecule has 6 heteroatoms. The molecule has 1 aromatic rings. The van der Waals surface area contributed by atoms with Crippen molar-refractivity contribution in [1.82, 2.24) is 4.90 Å². The van der Waals surface area contributed by atoms with Crippen molar-refractivity contribution in [1.29, 1.82) is 0 Å². The minimum absolute atomic E-state index is 0.0640. The fraction of sp³-hybridized carbons (Fsp3) is 0.533. The van der Waals surface area contributed by atoms with Crippen LogP contribution in [0.5, 0.6) is 11.5 Å². The summed E-state index contributed by atoms with van der Waals surface area (Å²) in [5.41, 5.74) is 0. The van der Waals surface area contributed by atoms with E-state index in [9.17, 15) is 4.79 Å². The summed E-state index contributed by atoms with van der Waals surface area (Å²) in [4.78, 5) is 13.4. The van der Waals surface area contributed by atoms with Crippen LogP contribution in [0.1, 0.15) is 13.3 Å². The lowest BCUT2D eigenvalue weighted by atomic mass is 10.2. The van der Waals surface area contributed by atoms with Crippen LogP contribution >= 0.6 is 11.6 Å². The van der Waals surface area contributed by atoms with Gasteiger partial charge in [0, 0.05) is 24.2 Å². The van der Waals surface area contributed by atoms with E-state index in [-0.39, 0.29) is 12.1 Å². The average molecular weight is 314 g/mol. The summed E-state index contributed by atoms with van der Waals surface area (Å²) in [5, 5.41) is 0.627. The van der Waals surface area contributed by atoms with Gasteiger partial charge in [-0.1, -0.05) is 11.6 Å². The summed E-state index contributed by atoms with van der Waals surface area (Å²) >= 11 is 5.91. The van der Waals surface area contributed by atoms with Crippen molar-refractivity contribution in [3.63, 3.8) is 0 Å². The van der Waals surface area contributed by atoms with Gasteiger partial charge in [-0.05, 0) is 26.1 Å². The van der Waals surface area contributed by atoms with Crippen molar-refractivity contribution in [3.05, 3.63) is 23.2 Å². The Labute approximate surface area is 129 Å². The molecular formula is C15H20ClNO4. The Bertz CT molecular complexity index is 495. The zero-order chi connectivity index (χ0) is 15.2. The maximum Gasteiger partial charge on any atom is 0.307 e. The van der Waals surface area contributed by atoms with E-state index in [1.54, 1.807) is 19.1 Å². The molecule has 0 spiro atoms. The molecule has 1 aliphatic rings. The van der Waals surface area contributed by atoms with Crippen LogP contribution in [-0.4, -0.2) is 50.3 Å². The summed E-state index contributed by atoms with van der Waals surface area (Å²) < 4.78 is 16.4. The molecule has 0 aliphatic carbocycles. The highest BCUT2D eigenvalue weighted by atomic mass is 35.5. The van der Waals surface area contributed by atoms with E-state index in [4.69, 9.17) is 25.8 Å². The third kappa shape index (κ3) is 4.79. The Morgan fingerprint density at radius 2 is 2.29 bits per heavy atom. The van der Waals surface area contributed by atoms with Crippen molar-refractivity contribution >= 4 is 17.6 Å². The number of carbonyl (C=O) groups excluding carboxylic acids is 1. The van der Waals surface area contributed by atoms with Gasteiger partial charge in [-0.25, -0.2) is 0 Å². The number of benzene rings is 1. The largest absolute Gasteiger partial charge is 0.486 e. The smallest absolute Gasteiger partial charge is 0.307 e. The Kier molecular flexibility index (Phi) is 5.70. The van der Waals surface area contributed by atoms with Crippen molar-refractivity contribution in [3.8, 4) is 11.5 Å². The summed E-state index contributed by atoms with van der Waals surface area (Å²) in [7, 11) is 1.94. The van der Waals surface area contributed by atoms with Crippen molar-refractivity contribution in [2.75, 3.05) is 33.4 Å². The molecule has 0 bridgehead atoms. The van der Waals surface area contributed by atoms with Gasteiger partial charge in [0.25, 0.3) is 0 Å². The number of halogens is 1. The third-order valence-corrected chi connectivity index (χ3v) is 3.38. The Hall–Kier alpha value is -1.46. The summed E-state index contributed by atoms with van der Waals surface area (Å²) in [6, 6.07) is 5.33. The van der Waals surface area contributed by atoms with Crippen molar-refractivity contribution < 1.29 is 19.0 Å². The second-order valence-corrected chi connectivity index (χ2v) is 5.40. The minimum Gasteiger partial charge on any atom is -0.486 e. The normalized spacial score (nSPS) is 16.9. The van der Waals surface area contributed by atoms with Gasteiger partial charge in [0.15, 0.2) is 11.5 Å². The number of ether oxygens (including phenoxy) is 3. The van der Waals surface area contributed by atoms with E-state index in [0.717, 1.165) is 0 Å². The maximum atomic E-state index is 11.3. The number of hydrogen-bond acceptors (Lipinski definition) is 5. The van der Waals surface area contributed by atoms with Crippen LogP contribution in [0, 0.1) is 0 Å². The van der Waals surface area contributed by atoms with Crippen LogP contribution < -0.4 is 9.47 Å². The molecule has 0 saturated carbocycles. The van der Waals surface area contributed by atoms with Gasteiger partial charge in [-0.3, -0.25) is 4.79 Å². The molecule has 0 saturated heterocycles. The van der Waals surface area contributed by atoms with E-state index in [1.165, 1.54) is 0 Å². The van der Waals surface area contributed by atoms with Crippen LogP contribution in [0.25, 0.3) is 0 Å². The van der Waals surface area contributed by atoms with E-state index in [1.807, 2.05) is 18.0 Å². The molecule has 1 heterocycles. The molecule has 0 amide bonds. The summed E-state index contributed by atoms with van der Waals surface area (Å²) in [6.45, 7) is 4.00. The predicted octanol–water partition coefficient (Wildman–Crippen LogP) is 2.36. The van der Waals surface area contributed by atoms with Crippen LogP contribution in [0.3, 0.4) is 0 Å². The Morgan fingerprint density at radius 3 is 3.05 bits per heavy atom. The first-order valence-corrected chi connectivity index (χ1v) is 7.39. The van der Waals surface area contributed by atoms with Crippen molar-refractivity contribution in [2.45, 2.75) is 19.4 Å². The fourth-order valence-electron chi connectivity index (χ4n) is 2.13. The number of nitrogens with zero attached hydrogens (tertiary/aromatic N) is 1. The predicted molar refractivity (Wildman–Crippen MR) is 80.1 cm³/mol. The Morgan fingerprint density at radius 1 is 1.48 bits per heavy atom. The van der Waals surface area contributed by atoms with Gasteiger partial charge in [0.05, 0.1) is 13.0 Å². The lowest BCUT2D eigenvalue weighted by Crippen LogP contribution is -2.40. The Balaban J connectivity index is 1.79. The molecule has 116 valence electrons. The van der Waals surface area contributed by atoms with Gasteiger partial charge >= 0.3 is 5.97 Å². The maximum absolute atomic E-state index is 11.3. The number of esters is 1. The number of hydrogen-bond donors (Lipinski definition) is 0. The van der Waals surface area contributed by atoms with Gasteiger partial charge in [0.1, 0.15) is 12.7 Å². The quantitative estimate of drug-likeness (QED) is 0.755. The minimum atomic E-state index is -0.176. The van der Waals surface area contributed by atoms with Crippen LogP contribution in [-0.2, 0) is 9.53 Å². The molecule has 2 rings (SSSR count). The number of carbonyl (C=O) groups is 1. The lowest BCUT2D eigenvalue weighted by molar-refractivity contribution is -0.143. The van der Waals surface area contributed by atoms with Crippen LogP contribution in [0.15, 0.2) is 18.2 Å².